The van der Waals surface area contributed by atoms with Crippen LogP contribution >= 0.6 is 0 Å². The van der Waals surface area contributed by atoms with Crippen LogP contribution in [-0.2, 0) is 12.8 Å². The lowest BCUT2D eigenvalue weighted by Gasteiger charge is -2.23. The molecule has 0 saturated heterocycles. The van der Waals surface area contributed by atoms with Crippen molar-refractivity contribution in [3.05, 3.63) is 112 Å². The Balaban J connectivity index is 2.12. The summed E-state index contributed by atoms with van der Waals surface area (Å²) in [5, 5.41) is 0. The van der Waals surface area contributed by atoms with Gasteiger partial charge in [-0.25, -0.2) is 8.78 Å². The van der Waals surface area contributed by atoms with E-state index >= 15 is 8.78 Å². The number of halogens is 2. The van der Waals surface area contributed by atoms with Gasteiger partial charge in [0.15, 0.2) is 18.9 Å². The third kappa shape index (κ3) is 5.41. The minimum Gasteiger partial charge on any atom is -0.204 e. The molecule has 0 aromatic heterocycles. The first kappa shape index (κ1) is 25.7. The molecule has 0 radical (unpaired) electrons. The SMILES string of the molecule is C=Cc1c(F)c(F)c(BC(Cc2ccc(C(C)C)cc2)c2ccc(C)cc2)c(CC)c1C(=C)C. The molecule has 0 aliphatic rings. The molecule has 1 atom stereocenters. The summed E-state index contributed by atoms with van der Waals surface area (Å²) in [5.74, 6) is -1.11. The van der Waals surface area contributed by atoms with Gasteiger partial charge in [0, 0.05) is 5.56 Å². The summed E-state index contributed by atoms with van der Waals surface area (Å²) in [6.45, 7) is 18.0. The minimum atomic E-state index is -0.829. The third-order valence-electron chi connectivity index (χ3n) is 6.74. The van der Waals surface area contributed by atoms with Gasteiger partial charge in [-0.15, -0.1) is 0 Å². The molecule has 3 heteroatoms. The van der Waals surface area contributed by atoms with Crippen molar-refractivity contribution >= 4 is 24.4 Å². The molecule has 0 heterocycles. The van der Waals surface area contributed by atoms with E-state index in [9.17, 15) is 0 Å². The number of hydrogen-bond acceptors (Lipinski definition) is 0. The number of allylic oxidation sites excluding steroid dienone is 1. The largest absolute Gasteiger partial charge is 0.204 e. The van der Waals surface area contributed by atoms with Crippen molar-refractivity contribution in [2.24, 2.45) is 0 Å². The fourth-order valence-corrected chi connectivity index (χ4v) is 4.80. The van der Waals surface area contributed by atoms with Crippen LogP contribution in [0.2, 0.25) is 0 Å². The Kier molecular flexibility index (Phi) is 8.30. The molecule has 0 N–H and O–H groups in total. The van der Waals surface area contributed by atoms with Crippen LogP contribution in [0.15, 0.2) is 61.7 Å². The molecule has 0 aliphatic carbocycles. The highest BCUT2D eigenvalue weighted by atomic mass is 19.2. The van der Waals surface area contributed by atoms with Crippen LogP contribution in [0.4, 0.5) is 8.78 Å². The Labute approximate surface area is 204 Å². The third-order valence-corrected chi connectivity index (χ3v) is 6.74. The predicted octanol–water partition coefficient (Wildman–Crippen LogP) is 7.68. The normalized spacial score (nSPS) is 12.0. The van der Waals surface area contributed by atoms with E-state index in [4.69, 9.17) is 0 Å². The summed E-state index contributed by atoms with van der Waals surface area (Å²) in [5.41, 5.74) is 7.70. The lowest BCUT2D eigenvalue weighted by Crippen LogP contribution is -2.32. The van der Waals surface area contributed by atoms with Gasteiger partial charge in [0.25, 0.3) is 0 Å². The average Bonchev–Trinajstić information content (AvgIpc) is 2.82. The molecule has 0 saturated carbocycles. The first-order valence-electron chi connectivity index (χ1n) is 12.1. The van der Waals surface area contributed by atoms with E-state index in [1.54, 1.807) is 0 Å². The molecule has 3 rings (SSSR count). The maximum Gasteiger partial charge on any atom is 0.170 e. The van der Waals surface area contributed by atoms with E-state index in [2.05, 4.69) is 82.5 Å². The highest BCUT2D eigenvalue weighted by molar-refractivity contribution is 6.56. The fourth-order valence-electron chi connectivity index (χ4n) is 4.80. The summed E-state index contributed by atoms with van der Waals surface area (Å²) in [7, 11) is 0.415. The van der Waals surface area contributed by atoms with Crippen LogP contribution < -0.4 is 5.46 Å². The maximum absolute atomic E-state index is 15.5. The molecule has 0 amide bonds. The van der Waals surface area contributed by atoms with E-state index < -0.39 is 11.6 Å². The molecule has 0 spiro atoms. The van der Waals surface area contributed by atoms with Gasteiger partial charge < -0.3 is 0 Å². The molecule has 0 fully saturated rings. The summed E-state index contributed by atoms with van der Waals surface area (Å²) in [6.07, 6.45) is 2.75. The van der Waals surface area contributed by atoms with Crippen molar-refractivity contribution < 1.29 is 8.78 Å². The molecule has 0 bridgehead atoms. The Morgan fingerprint density at radius 1 is 0.971 bits per heavy atom. The van der Waals surface area contributed by atoms with Crippen molar-refractivity contribution in [3.63, 3.8) is 0 Å². The van der Waals surface area contributed by atoms with Crippen molar-refractivity contribution in [1.82, 2.24) is 0 Å². The van der Waals surface area contributed by atoms with Crippen LogP contribution in [0.5, 0.6) is 0 Å². The topological polar surface area (TPSA) is 0 Å². The predicted molar refractivity (Wildman–Crippen MR) is 145 cm³/mol. The molecule has 34 heavy (non-hydrogen) atoms. The van der Waals surface area contributed by atoms with E-state index in [1.165, 1.54) is 22.8 Å². The second-order valence-corrected chi connectivity index (χ2v) is 9.62. The number of aryl methyl sites for hydroxylation is 1. The molecule has 176 valence electrons. The van der Waals surface area contributed by atoms with Gasteiger partial charge in [-0.1, -0.05) is 105 Å². The number of benzene rings is 3. The molecule has 1 unspecified atom stereocenters. The second-order valence-electron chi connectivity index (χ2n) is 9.62. The van der Waals surface area contributed by atoms with Crippen LogP contribution in [0.25, 0.3) is 11.6 Å². The Morgan fingerprint density at radius 2 is 1.56 bits per heavy atom. The molecular weight excluding hydrogens is 421 g/mol. The Bertz CT molecular complexity index is 1170. The smallest absolute Gasteiger partial charge is 0.170 e. The summed E-state index contributed by atoms with van der Waals surface area (Å²) in [4.78, 5) is 0. The maximum atomic E-state index is 15.5. The summed E-state index contributed by atoms with van der Waals surface area (Å²) >= 11 is 0. The van der Waals surface area contributed by atoms with Crippen LogP contribution in [0, 0.1) is 18.6 Å². The van der Waals surface area contributed by atoms with Gasteiger partial charge in [-0.2, -0.15) is 0 Å². The van der Waals surface area contributed by atoms with E-state index in [-0.39, 0.29) is 11.4 Å². The van der Waals surface area contributed by atoms with Crippen molar-refractivity contribution in [1.29, 1.82) is 0 Å². The Hall–Kier alpha value is -2.94. The summed E-state index contributed by atoms with van der Waals surface area (Å²) < 4.78 is 30.7. The van der Waals surface area contributed by atoms with E-state index in [0.29, 0.717) is 30.6 Å². The highest BCUT2D eigenvalue weighted by Crippen LogP contribution is 2.29. The van der Waals surface area contributed by atoms with Crippen molar-refractivity contribution in [2.45, 2.75) is 59.2 Å². The van der Waals surface area contributed by atoms with Gasteiger partial charge in [-0.05, 0) is 66.1 Å². The van der Waals surface area contributed by atoms with E-state index in [1.807, 2.05) is 13.8 Å². The van der Waals surface area contributed by atoms with Gasteiger partial charge in [0.2, 0.25) is 0 Å². The lowest BCUT2D eigenvalue weighted by atomic mass is 9.53. The Morgan fingerprint density at radius 3 is 2.06 bits per heavy atom. The minimum absolute atomic E-state index is 0.0113. The van der Waals surface area contributed by atoms with Gasteiger partial charge in [-0.3, -0.25) is 0 Å². The number of rotatable bonds is 9. The van der Waals surface area contributed by atoms with E-state index in [0.717, 1.165) is 23.1 Å². The molecule has 0 aliphatic heterocycles. The molecule has 3 aromatic carbocycles. The summed E-state index contributed by atoms with van der Waals surface area (Å²) in [6, 6.07) is 17.1. The second kappa shape index (κ2) is 11.0. The zero-order valence-corrected chi connectivity index (χ0v) is 21.1. The number of hydrogen-bond donors (Lipinski definition) is 0. The van der Waals surface area contributed by atoms with Crippen molar-refractivity contribution in [2.75, 3.05) is 0 Å². The lowest BCUT2D eigenvalue weighted by molar-refractivity contribution is 0.510. The molecule has 0 nitrogen and oxygen atoms in total. The zero-order valence-electron chi connectivity index (χ0n) is 21.1. The standard InChI is InChI=1S/C31H35BF2/c1-8-25-28(20(5)6)26(9-2)30(33)31(34)29(25)32-27(24-14-10-21(7)11-15-24)18-22-12-16-23(17-13-22)19(3)4/h9-17,19,27,32H,2,5,8,18H2,1,3-4,6-7H3. The van der Waals surface area contributed by atoms with Gasteiger partial charge >= 0.3 is 0 Å². The first-order valence-corrected chi connectivity index (χ1v) is 12.1. The van der Waals surface area contributed by atoms with Crippen molar-refractivity contribution in [3.8, 4) is 0 Å². The van der Waals surface area contributed by atoms with Gasteiger partial charge in [0.1, 0.15) is 0 Å². The highest BCUT2D eigenvalue weighted by Gasteiger charge is 2.26. The average molecular weight is 456 g/mol. The van der Waals surface area contributed by atoms with Crippen LogP contribution in [-0.4, -0.2) is 7.28 Å². The molecule has 3 aromatic rings. The monoisotopic (exact) mass is 456 g/mol. The zero-order chi connectivity index (χ0) is 25.0. The molecular formula is C31H35BF2. The fraction of sp³-hybridized carbons (Fsp3) is 0.290. The quantitative estimate of drug-likeness (QED) is 0.290. The first-order chi connectivity index (χ1) is 16.2. The van der Waals surface area contributed by atoms with Gasteiger partial charge in [0.05, 0.1) is 0 Å². The van der Waals surface area contributed by atoms with Crippen LogP contribution in [0.3, 0.4) is 0 Å². The van der Waals surface area contributed by atoms with Crippen LogP contribution in [0.1, 0.15) is 78.4 Å².